The van der Waals surface area contributed by atoms with Gasteiger partial charge >= 0.3 is 0 Å². The van der Waals surface area contributed by atoms with Crippen molar-refractivity contribution in [3.05, 3.63) is 59.4 Å². The molecule has 2 aromatic rings. The van der Waals surface area contributed by atoms with Crippen LogP contribution in [-0.2, 0) is 22.6 Å². The normalized spacial score (nSPS) is 13.1. The van der Waals surface area contributed by atoms with E-state index in [9.17, 15) is 14.0 Å². The summed E-state index contributed by atoms with van der Waals surface area (Å²) in [6.07, 6.45) is 0.748. The summed E-state index contributed by atoms with van der Waals surface area (Å²) >= 11 is 0. The summed E-state index contributed by atoms with van der Waals surface area (Å²) in [5.41, 5.74) is 1.71. The SMILES string of the molecule is CNC(=O)[C@H](C)N(Cc1ccc(F)cc1)C(=O)CCc1ccc2c(c1)OCO2. The summed E-state index contributed by atoms with van der Waals surface area (Å²) in [6.45, 7) is 2.11. The number of hydrogen-bond donors (Lipinski definition) is 1. The Morgan fingerprint density at radius 3 is 2.50 bits per heavy atom. The van der Waals surface area contributed by atoms with E-state index >= 15 is 0 Å². The molecule has 28 heavy (non-hydrogen) atoms. The monoisotopic (exact) mass is 386 g/mol. The predicted octanol–water partition coefficient (Wildman–Crippen LogP) is 2.65. The quantitative estimate of drug-likeness (QED) is 0.794. The van der Waals surface area contributed by atoms with Crippen molar-refractivity contribution >= 4 is 11.8 Å². The number of amides is 2. The van der Waals surface area contributed by atoms with E-state index in [1.807, 2.05) is 18.2 Å². The van der Waals surface area contributed by atoms with Gasteiger partial charge in [0, 0.05) is 20.0 Å². The molecule has 1 aliphatic rings. The lowest BCUT2D eigenvalue weighted by molar-refractivity contribution is -0.140. The molecule has 0 fully saturated rings. The summed E-state index contributed by atoms with van der Waals surface area (Å²) < 4.78 is 23.8. The fourth-order valence-corrected chi connectivity index (χ4v) is 3.07. The van der Waals surface area contributed by atoms with Gasteiger partial charge in [-0.15, -0.1) is 0 Å². The van der Waals surface area contributed by atoms with Gasteiger partial charge in [0.1, 0.15) is 11.9 Å². The molecule has 2 amide bonds. The molecule has 1 aliphatic heterocycles. The molecule has 0 saturated heterocycles. The number of nitrogens with one attached hydrogen (secondary N) is 1. The van der Waals surface area contributed by atoms with Crippen LogP contribution in [0, 0.1) is 5.82 Å². The molecule has 0 bridgehead atoms. The zero-order chi connectivity index (χ0) is 20.1. The molecule has 0 radical (unpaired) electrons. The number of halogens is 1. The van der Waals surface area contributed by atoms with E-state index in [1.54, 1.807) is 19.1 Å². The molecule has 0 unspecified atom stereocenters. The van der Waals surface area contributed by atoms with Gasteiger partial charge in [0.2, 0.25) is 18.6 Å². The molecule has 0 spiro atoms. The lowest BCUT2D eigenvalue weighted by atomic mass is 10.1. The molecule has 7 heteroatoms. The van der Waals surface area contributed by atoms with E-state index in [1.165, 1.54) is 24.1 Å². The minimum Gasteiger partial charge on any atom is -0.454 e. The van der Waals surface area contributed by atoms with Crippen LogP contribution in [0.2, 0.25) is 0 Å². The van der Waals surface area contributed by atoms with Crippen molar-refractivity contribution < 1.29 is 23.5 Å². The zero-order valence-corrected chi connectivity index (χ0v) is 15.9. The van der Waals surface area contributed by atoms with Crippen LogP contribution in [0.5, 0.6) is 11.5 Å². The summed E-state index contributed by atoms with van der Waals surface area (Å²) in [4.78, 5) is 26.5. The Kier molecular flexibility index (Phi) is 6.13. The largest absolute Gasteiger partial charge is 0.454 e. The third-order valence-corrected chi connectivity index (χ3v) is 4.74. The summed E-state index contributed by atoms with van der Waals surface area (Å²) in [5.74, 6) is 0.619. The summed E-state index contributed by atoms with van der Waals surface area (Å²) in [5, 5.41) is 2.57. The smallest absolute Gasteiger partial charge is 0.242 e. The van der Waals surface area contributed by atoms with Gasteiger partial charge in [-0.25, -0.2) is 4.39 Å². The van der Waals surface area contributed by atoms with Crippen LogP contribution >= 0.6 is 0 Å². The Morgan fingerprint density at radius 2 is 1.79 bits per heavy atom. The molecule has 1 heterocycles. The maximum Gasteiger partial charge on any atom is 0.242 e. The highest BCUT2D eigenvalue weighted by Crippen LogP contribution is 2.32. The average molecular weight is 386 g/mol. The second kappa shape index (κ2) is 8.73. The Hall–Kier alpha value is -3.09. The molecule has 0 aliphatic carbocycles. The van der Waals surface area contributed by atoms with Crippen molar-refractivity contribution in [1.29, 1.82) is 0 Å². The van der Waals surface area contributed by atoms with Crippen molar-refractivity contribution in [1.82, 2.24) is 10.2 Å². The molecular formula is C21H23FN2O4. The van der Waals surface area contributed by atoms with E-state index in [0.29, 0.717) is 17.9 Å². The third-order valence-electron chi connectivity index (χ3n) is 4.74. The Bertz CT molecular complexity index is 854. The third kappa shape index (κ3) is 4.60. The number of hydrogen-bond acceptors (Lipinski definition) is 4. The van der Waals surface area contributed by atoms with Gasteiger partial charge in [0.05, 0.1) is 0 Å². The highest BCUT2D eigenvalue weighted by atomic mass is 19.1. The van der Waals surface area contributed by atoms with Gasteiger partial charge in [-0.05, 0) is 48.7 Å². The van der Waals surface area contributed by atoms with Crippen LogP contribution in [0.15, 0.2) is 42.5 Å². The van der Waals surface area contributed by atoms with Gasteiger partial charge in [0.25, 0.3) is 0 Å². The van der Waals surface area contributed by atoms with Gasteiger partial charge < -0.3 is 19.7 Å². The van der Waals surface area contributed by atoms with E-state index in [2.05, 4.69) is 5.32 Å². The molecule has 2 aromatic carbocycles. The predicted molar refractivity (Wildman–Crippen MR) is 101 cm³/mol. The van der Waals surface area contributed by atoms with Gasteiger partial charge in [-0.1, -0.05) is 18.2 Å². The number of benzene rings is 2. The molecular weight excluding hydrogens is 363 g/mol. The molecule has 6 nitrogen and oxygen atoms in total. The van der Waals surface area contributed by atoms with E-state index < -0.39 is 6.04 Å². The maximum absolute atomic E-state index is 13.2. The first kappa shape index (κ1) is 19.7. The van der Waals surface area contributed by atoms with E-state index in [-0.39, 0.29) is 37.4 Å². The number of ether oxygens (including phenoxy) is 2. The van der Waals surface area contributed by atoms with Gasteiger partial charge in [-0.2, -0.15) is 0 Å². The topological polar surface area (TPSA) is 67.9 Å². The van der Waals surface area contributed by atoms with Crippen LogP contribution in [0.25, 0.3) is 0 Å². The lowest BCUT2D eigenvalue weighted by Crippen LogP contribution is -2.46. The van der Waals surface area contributed by atoms with E-state index in [0.717, 1.165) is 11.1 Å². The number of aryl methyl sites for hydroxylation is 1. The maximum atomic E-state index is 13.2. The highest BCUT2D eigenvalue weighted by molar-refractivity contribution is 5.87. The Morgan fingerprint density at radius 1 is 1.11 bits per heavy atom. The summed E-state index contributed by atoms with van der Waals surface area (Å²) in [7, 11) is 1.53. The van der Waals surface area contributed by atoms with Gasteiger partial charge in [-0.3, -0.25) is 9.59 Å². The second-order valence-electron chi connectivity index (χ2n) is 6.63. The molecule has 3 rings (SSSR count). The molecule has 1 N–H and O–H groups in total. The number of carbonyl (C=O) groups excluding carboxylic acids is 2. The zero-order valence-electron chi connectivity index (χ0n) is 15.9. The van der Waals surface area contributed by atoms with Crippen molar-refractivity contribution in [2.45, 2.75) is 32.4 Å². The van der Waals surface area contributed by atoms with Crippen molar-refractivity contribution in [3.63, 3.8) is 0 Å². The minimum atomic E-state index is -0.640. The van der Waals surface area contributed by atoms with Crippen LogP contribution in [-0.4, -0.2) is 36.6 Å². The molecule has 148 valence electrons. The van der Waals surface area contributed by atoms with Crippen LogP contribution in [0.3, 0.4) is 0 Å². The molecule has 1 atom stereocenters. The first-order valence-corrected chi connectivity index (χ1v) is 9.12. The Balaban J connectivity index is 1.70. The average Bonchev–Trinajstić information content (AvgIpc) is 3.18. The number of rotatable bonds is 7. The Labute approximate surface area is 163 Å². The van der Waals surface area contributed by atoms with Gasteiger partial charge in [0.15, 0.2) is 11.5 Å². The fraction of sp³-hybridized carbons (Fsp3) is 0.333. The van der Waals surface area contributed by atoms with Crippen molar-refractivity contribution in [3.8, 4) is 11.5 Å². The number of nitrogens with zero attached hydrogens (tertiary/aromatic N) is 1. The second-order valence-corrected chi connectivity index (χ2v) is 6.63. The van der Waals surface area contributed by atoms with Crippen molar-refractivity contribution in [2.24, 2.45) is 0 Å². The first-order chi connectivity index (χ1) is 13.5. The molecule has 0 aromatic heterocycles. The summed E-state index contributed by atoms with van der Waals surface area (Å²) in [6, 6.07) is 10.9. The lowest BCUT2D eigenvalue weighted by Gasteiger charge is -2.28. The van der Waals surface area contributed by atoms with Crippen molar-refractivity contribution in [2.75, 3.05) is 13.8 Å². The van der Waals surface area contributed by atoms with Crippen LogP contribution in [0.4, 0.5) is 4.39 Å². The van der Waals surface area contributed by atoms with Crippen LogP contribution < -0.4 is 14.8 Å². The first-order valence-electron chi connectivity index (χ1n) is 9.12. The minimum absolute atomic E-state index is 0.155. The molecule has 0 saturated carbocycles. The number of likely N-dealkylation sites (N-methyl/N-ethyl adjacent to an activating group) is 1. The standard InChI is InChI=1S/C21H23FN2O4/c1-14(21(26)23-2)24(12-16-3-7-17(22)8-4-16)20(25)10-6-15-5-9-18-19(11-15)28-13-27-18/h3-5,7-9,11,14H,6,10,12-13H2,1-2H3,(H,23,26)/t14-/m0/s1. The fourth-order valence-electron chi connectivity index (χ4n) is 3.07. The number of fused-ring (bicyclic) bond motifs is 1. The highest BCUT2D eigenvalue weighted by Gasteiger charge is 2.25. The number of carbonyl (C=O) groups is 2. The van der Waals surface area contributed by atoms with Crippen LogP contribution in [0.1, 0.15) is 24.5 Å². The van der Waals surface area contributed by atoms with E-state index in [4.69, 9.17) is 9.47 Å².